The second-order valence-electron chi connectivity index (χ2n) is 5.68. The lowest BCUT2D eigenvalue weighted by molar-refractivity contribution is -0.127. The van der Waals surface area contributed by atoms with Crippen molar-refractivity contribution in [2.24, 2.45) is 5.73 Å². The van der Waals surface area contributed by atoms with Gasteiger partial charge in [0, 0.05) is 37.5 Å². The number of nitrogens with zero attached hydrogens (tertiary/aromatic N) is 3. The molecule has 130 valence electrons. The quantitative estimate of drug-likeness (QED) is 0.568. The molecule has 1 aliphatic rings. The first kappa shape index (κ1) is 17.9. The van der Waals surface area contributed by atoms with E-state index in [1.54, 1.807) is 17.4 Å². The summed E-state index contributed by atoms with van der Waals surface area (Å²) in [6, 6.07) is -0.0668. The van der Waals surface area contributed by atoms with Crippen molar-refractivity contribution in [2.75, 3.05) is 13.2 Å². The molecule has 0 spiro atoms. The minimum atomic E-state index is -0.533. The number of aliphatic hydroxyl groups excluding tert-OH is 2. The third-order valence-electron chi connectivity index (χ3n) is 3.83. The molecule has 1 aliphatic heterocycles. The van der Waals surface area contributed by atoms with E-state index in [9.17, 15) is 14.7 Å². The van der Waals surface area contributed by atoms with E-state index in [-0.39, 0.29) is 18.6 Å². The summed E-state index contributed by atoms with van der Waals surface area (Å²) in [5.74, 6) is -0.740. The van der Waals surface area contributed by atoms with Gasteiger partial charge in [0.05, 0.1) is 24.7 Å². The first-order valence-electron chi connectivity index (χ1n) is 7.75. The van der Waals surface area contributed by atoms with Crippen molar-refractivity contribution in [1.29, 1.82) is 0 Å². The summed E-state index contributed by atoms with van der Waals surface area (Å²) in [7, 11) is 0. The zero-order valence-corrected chi connectivity index (χ0v) is 13.3. The number of nitrogens with two attached hydrogens (primary N) is 1. The zero-order valence-electron chi connectivity index (χ0n) is 13.3. The molecule has 1 fully saturated rings. The Kier molecular flexibility index (Phi) is 6.28. The number of aryl methyl sites for hydroxylation is 1. The normalized spacial score (nSPS) is 21.2. The first-order valence-corrected chi connectivity index (χ1v) is 7.75. The van der Waals surface area contributed by atoms with Gasteiger partial charge in [-0.15, -0.1) is 0 Å². The number of imidazole rings is 1. The SMILES string of the molecule is NC(=O)C=Cc1cn(CC[C@@H]2C[C@@H](O)CN2C(=O)C=CCO)cn1. The van der Waals surface area contributed by atoms with Crippen LogP contribution in [0.4, 0.5) is 0 Å². The molecule has 1 saturated heterocycles. The fourth-order valence-electron chi connectivity index (χ4n) is 2.74. The van der Waals surface area contributed by atoms with Gasteiger partial charge in [-0.05, 0) is 18.9 Å². The number of β-amino-alcohol motifs (C(OH)–C–C–N with tert-alkyl or cyclic N) is 1. The number of aliphatic hydroxyl groups is 2. The molecule has 0 aromatic carbocycles. The van der Waals surface area contributed by atoms with Crippen molar-refractivity contribution in [3.05, 3.63) is 36.4 Å². The number of carbonyl (C=O) groups excluding carboxylic acids is 2. The molecule has 0 unspecified atom stereocenters. The van der Waals surface area contributed by atoms with Gasteiger partial charge < -0.3 is 25.4 Å². The summed E-state index contributed by atoms with van der Waals surface area (Å²) >= 11 is 0. The molecule has 8 heteroatoms. The van der Waals surface area contributed by atoms with E-state index in [1.165, 1.54) is 24.3 Å². The molecule has 8 nitrogen and oxygen atoms in total. The Labute approximate surface area is 139 Å². The highest BCUT2D eigenvalue weighted by atomic mass is 16.3. The van der Waals surface area contributed by atoms with Crippen LogP contribution in [0.15, 0.2) is 30.8 Å². The predicted molar refractivity (Wildman–Crippen MR) is 87.4 cm³/mol. The number of primary amides is 1. The van der Waals surface area contributed by atoms with E-state index in [4.69, 9.17) is 10.8 Å². The maximum Gasteiger partial charge on any atom is 0.246 e. The molecule has 1 aromatic rings. The molecule has 0 bridgehead atoms. The average molecular weight is 334 g/mol. The highest BCUT2D eigenvalue weighted by molar-refractivity contribution is 5.90. The van der Waals surface area contributed by atoms with Gasteiger partial charge in [0.15, 0.2) is 0 Å². The van der Waals surface area contributed by atoms with Crippen LogP contribution in [0, 0.1) is 0 Å². The van der Waals surface area contributed by atoms with Gasteiger partial charge in [0.2, 0.25) is 11.8 Å². The van der Waals surface area contributed by atoms with Crippen molar-refractivity contribution in [3.63, 3.8) is 0 Å². The van der Waals surface area contributed by atoms with E-state index in [2.05, 4.69) is 4.98 Å². The maximum absolute atomic E-state index is 12.1. The molecule has 0 saturated carbocycles. The lowest BCUT2D eigenvalue weighted by Gasteiger charge is -2.23. The Balaban J connectivity index is 1.93. The Morgan fingerprint density at radius 3 is 2.92 bits per heavy atom. The Morgan fingerprint density at radius 2 is 2.21 bits per heavy atom. The van der Waals surface area contributed by atoms with Crippen LogP contribution < -0.4 is 5.73 Å². The van der Waals surface area contributed by atoms with Crippen LogP contribution >= 0.6 is 0 Å². The minimum absolute atomic E-state index is 0.0668. The van der Waals surface area contributed by atoms with Crippen LogP contribution in [0.1, 0.15) is 18.5 Å². The van der Waals surface area contributed by atoms with Crippen molar-refractivity contribution < 1.29 is 19.8 Å². The number of likely N-dealkylation sites (tertiary alicyclic amines) is 1. The van der Waals surface area contributed by atoms with Crippen molar-refractivity contribution >= 4 is 17.9 Å². The molecule has 2 rings (SSSR count). The van der Waals surface area contributed by atoms with E-state index < -0.39 is 12.0 Å². The van der Waals surface area contributed by atoms with Gasteiger partial charge in [-0.2, -0.15) is 0 Å². The number of carbonyl (C=O) groups is 2. The Bertz CT molecular complexity index is 638. The van der Waals surface area contributed by atoms with Crippen molar-refractivity contribution in [3.8, 4) is 0 Å². The molecule has 2 amide bonds. The van der Waals surface area contributed by atoms with Crippen molar-refractivity contribution in [2.45, 2.75) is 31.5 Å². The fraction of sp³-hybridized carbons (Fsp3) is 0.438. The predicted octanol–water partition coefficient (Wildman–Crippen LogP) is -0.718. The summed E-state index contributed by atoms with van der Waals surface area (Å²) in [6.45, 7) is 0.738. The fourth-order valence-corrected chi connectivity index (χ4v) is 2.74. The topological polar surface area (TPSA) is 122 Å². The largest absolute Gasteiger partial charge is 0.392 e. The summed E-state index contributed by atoms with van der Waals surface area (Å²) in [6.07, 6.45) is 9.59. The molecule has 1 aromatic heterocycles. The highest BCUT2D eigenvalue weighted by Gasteiger charge is 2.32. The van der Waals surface area contributed by atoms with E-state index in [0.29, 0.717) is 31.6 Å². The van der Waals surface area contributed by atoms with E-state index >= 15 is 0 Å². The summed E-state index contributed by atoms with van der Waals surface area (Å²) in [5.41, 5.74) is 5.66. The molecule has 2 heterocycles. The van der Waals surface area contributed by atoms with Crippen LogP contribution in [0.25, 0.3) is 6.08 Å². The molecular formula is C16H22N4O4. The molecular weight excluding hydrogens is 312 g/mol. The van der Waals surface area contributed by atoms with Gasteiger partial charge in [0.1, 0.15) is 0 Å². The number of amides is 2. The second kappa shape index (κ2) is 8.42. The van der Waals surface area contributed by atoms with Crippen LogP contribution in [-0.4, -0.2) is 61.8 Å². The van der Waals surface area contributed by atoms with E-state index in [0.717, 1.165) is 0 Å². The number of hydrogen-bond donors (Lipinski definition) is 3. The lowest BCUT2D eigenvalue weighted by Crippen LogP contribution is -2.35. The van der Waals surface area contributed by atoms with Crippen LogP contribution in [-0.2, 0) is 16.1 Å². The zero-order chi connectivity index (χ0) is 17.5. The van der Waals surface area contributed by atoms with Gasteiger partial charge in [-0.1, -0.05) is 6.08 Å². The molecule has 0 radical (unpaired) electrons. The Hall–Kier alpha value is -2.45. The highest BCUT2D eigenvalue weighted by Crippen LogP contribution is 2.22. The van der Waals surface area contributed by atoms with Crippen LogP contribution in [0.5, 0.6) is 0 Å². The van der Waals surface area contributed by atoms with E-state index in [1.807, 2.05) is 4.57 Å². The maximum atomic E-state index is 12.1. The molecule has 2 atom stereocenters. The minimum Gasteiger partial charge on any atom is -0.392 e. The number of hydrogen-bond acceptors (Lipinski definition) is 5. The first-order chi connectivity index (χ1) is 11.5. The third-order valence-corrected chi connectivity index (χ3v) is 3.83. The molecule has 0 aliphatic carbocycles. The smallest absolute Gasteiger partial charge is 0.246 e. The van der Waals surface area contributed by atoms with Gasteiger partial charge in [-0.25, -0.2) is 4.98 Å². The second-order valence-corrected chi connectivity index (χ2v) is 5.68. The Morgan fingerprint density at radius 1 is 1.42 bits per heavy atom. The standard InChI is InChI=1S/C16H22N4O4/c17-15(23)4-3-12-9-19(11-18-12)6-5-13-8-14(22)10-20(13)16(24)2-1-7-21/h1-4,9,11,13-14,21-22H,5-8,10H2,(H2,17,23)/t13-,14-/m1/s1. The van der Waals surface area contributed by atoms with Crippen LogP contribution in [0.2, 0.25) is 0 Å². The van der Waals surface area contributed by atoms with Gasteiger partial charge in [-0.3, -0.25) is 9.59 Å². The number of rotatable bonds is 7. The van der Waals surface area contributed by atoms with Gasteiger partial charge >= 0.3 is 0 Å². The third kappa shape index (κ3) is 5.04. The summed E-state index contributed by atoms with van der Waals surface area (Å²) < 4.78 is 1.86. The molecule has 24 heavy (non-hydrogen) atoms. The van der Waals surface area contributed by atoms with Crippen LogP contribution in [0.3, 0.4) is 0 Å². The molecule has 4 N–H and O–H groups in total. The lowest BCUT2D eigenvalue weighted by atomic mass is 10.1. The number of aromatic nitrogens is 2. The van der Waals surface area contributed by atoms with Gasteiger partial charge in [0.25, 0.3) is 0 Å². The van der Waals surface area contributed by atoms with Crippen molar-refractivity contribution in [1.82, 2.24) is 14.5 Å². The monoisotopic (exact) mass is 334 g/mol. The average Bonchev–Trinajstić information content (AvgIpc) is 3.14. The summed E-state index contributed by atoms with van der Waals surface area (Å²) in [5, 5.41) is 18.6. The summed E-state index contributed by atoms with van der Waals surface area (Å²) in [4.78, 5) is 28.5.